The van der Waals surface area contributed by atoms with Crippen molar-refractivity contribution in [3.8, 4) is 11.5 Å². The zero-order valence-electron chi connectivity index (χ0n) is 15.1. The van der Waals surface area contributed by atoms with Crippen molar-refractivity contribution in [1.82, 2.24) is 0 Å². The first-order chi connectivity index (χ1) is 11.6. The van der Waals surface area contributed by atoms with Gasteiger partial charge in [-0.3, -0.25) is 0 Å². The Hall–Kier alpha value is -2.04. The molecule has 0 aliphatic heterocycles. The highest BCUT2D eigenvalue weighted by Crippen LogP contribution is 2.34. The van der Waals surface area contributed by atoms with Crippen molar-refractivity contribution in [1.29, 1.82) is 0 Å². The van der Waals surface area contributed by atoms with Crippen molar-refractivity contribution in [3.05, 3.63) is 22.8 Å². The van der Waals surface area contributed by atoms with Crippen molar-refractivity contribution >= 4 is 12.3 Å². The molecule has 1 aromatic rings. The van der Waals surface area contributed by atoms with Gasteiger partial charge in [0.1, 0.15) is 23.3 Å². The number of carbonyl (C=O) groups excluding carboxylic acids is 2. The van der Waals surface area contributed by atoms with Crippen LogP contribution >= 0.6 is 0 Å². The Morgan fingerprint density at radius 1 is 1.08 bits per heavy atom. The number of aldehydes is 1. The van der Waals surface area contributed by atoms with E-state index in [1.165, 1.54) is 7.11 Å². The molecule has 24 heavy (non-hydrogen) atoms. The lowest BCUT2D eigenvalue weighted by Gasteiger charge is -2.19. The number of ether oxygens (including phenoxy) is 3. The van der Waals surface area contributed by atoms with E-state index in [1.54, 1.807) is 6.07 Å². The zero-order valence-corrected chi connectivity index (χ0v) is 15.1. The first kappa shape index (κ1) is 20.0. The number of hydrogen-bond donors (Lipinski definition) is 0. The highest BCUT2D eigenvalue weighted by atomic mass is 16.5. The second kappa shape index (κ2) is 10.7. The van der Waals surface area contributed by atoms with Crippen molar-refractivity contribution in [3.63, 3.8) is 0 Å². The Morgan fingerprint density at radius 2 is 1.67 bits per heavy atom. The van der Waals surface area contributed by atoms with Crippen LogP contribution in [0, 0.1) is 6.92 Å². The summed E-state index contributed by atoms with van der Waals surface area (Å²) >= 11 is 0. The molecule has 0 fully saturated rings. The maximum atomic E-state index is 12.2. The van der Waals surface area contributed by atoms with Gasteiger partial charge in [0, 0.05) is 12.5 Å². The van der Waals surface area contributed by atoms with E-state index in [0.717, 1.165) is 37.5 Å². The van der Waals surface area contributed by atoms with E-state index in [1.807, 2.05) is 6.92 Å². The van der Waals surface area contributed by atoms with Crippen molar-refractivity contribution in [2.45, 2.75) is 52.9 Å². The van der Waals surface area contributed by atoms with Gasteiger partial charge < -0.3 is 19.0 Å². The molecule has 0 aliphatic rings. The van der Waals surface area contributed by atoms with Gasteiger partial charge in [-0.2, -0.15) is 0 Å². The van der Waals surface area contributed by atoms with Crippen LogP contribution in [0.4, 0.5) is 0 Å². The molecule has 5 nitrogen and oxygen atoms in total. The predicted molar refractivity (Wildman–Crippen MR) is 93.1 cm³/mol. The number of carbonyl (C=O) groups is 2. The van der Waals surface area contributed by atoms with Crippen LogP contribution in [0.2, 0.25) is 0 Å². The first-order valence-electron chi connectivity index (χ1n) is 8.54. The molecule has 0 N–H and O–H groups in total. The second-order valence-corrected chi connectivity index (χ2v) is 5.62. The summed E-state index contributed by atoms with van der Waals surface area (Å²) in [4.78, 5) is 23.3. The summed E-state index contributed by atoms with van der Waals surface area (Å²) in [5, 5.41) is 0. The topological polar surface area (TPSA) is 61.8 Å². The Morgan fingerprint density at radius 3 is 2.17 bits per heavy atom. The number of benzene rings is 1. The summed E-state index contributed by atoms with van der Waals surface area (Å²) in [5.74, 6) is 0.574. The van der Waals surface area contributed by atoms with Gasteiger partial charge in [-0.15, -0.1) is 0 Å². The summed E-state index contributed by atoms with van der Waals surface area (Å²) in [5.41, 5.74) is 1.71. The summed E-state index contributed by atoms with van der Waals surface area (Å²) in [6.07, 6.45) is 4.73. The van der Waals surface area contributed by atoms with E-state index in [-0.39, 0.29) is 6.42 Å². The molecule has 0 radical (unpaired) electrons. The molecule has 134 valence electrons. The van der Waals surface area contributed by atoms with E-state index in [0.29, 0.717) is 35.8 Å². The number of rotatable bonds is 11. The fourth-order valence-electron chi connectivity index (χ4n) is 2.37. The summed E-state index contributed by atoms with van der Waals surface area (Å²) in [6.45, 7) is 7.09. The van der Waals surface area contributed by atoms with E-state index < -0.39 is 5.97 Å². The molecule has 0 bridgehead atoms. The van der Waals surface area contributed by atoms with E-state index in [9.17, 15) is 9.59 Å². The summed E-state index contributed by atoms with van der Waals surface area (Å²) < 4.78 is 16.5. The molecule has 5 heteroatoms. The molecule has 0 aromatic heterocycles. The lowest BCUT2D eigenvalue weighted by atomic mass is 9.97. The van der Waals surface area contributed by atoms with Gasteiger partial charge in [0.25, 0.3) is 0 Å². The van der Waals surface area contributed by atoms with Crippen molar-refractivity contribution in [2.75, 3.05) is 20.3 Å². The fraction of sp³-hybridized carbons (Fsp3) is 0.579. The molecular weight excluding hydrogens is 308 g/mol. The van der Waals surface area contributed by atoms with Crippen LogP contribution < -0.4 is 9.47 Å². The minimum atomic E-state index is -0.499. The zero-order chi connectivity index (χ0) is 17.9. The fourth-order valence-corrected chi connectivity index (χ4v) is 2.37. The molecule has 0 heterocycles. The van der Waals surface area contributed by atoms with Crippen LogP contribution in [0.25, 0.3) is 0 Å². The molecule has 0 amide bonds. The number of unbranched alkanes of at least 4 members (excludes halogenated alkanes) is 2. The van der Waals surface area contributed by atoms with Crippen LogP contribution in [0.15, 0.2) is 6.07 Å². The lowest BCUT2D eigenvalue weighted by Crippen LogP contribution is -2.13. The van der Waals surface area contributed by atoms with Crippen LogP contribution in [0.3, 0.4) is 0 Å². The van der Waals surface area contributed by atoms with Gasteiger partial charge in [0.2, 0.25) is 0 Å². The highest BCUT2D eigenvalue weighted by molar-refractivity contribution is 5.96. The first-order valence-corrected chi connectivity index (χ1v) is 8.54. The Balaban J connectivity index is 3.32. The average Bonchev–Trinajstić information content (AvgIpc) is 2.58. The lowest BCUT2D eigenvalue weighted by molar-refractivity contribution is -0.107. The maximum Gasteiger partial charge on any atom is 0.341 e. The van der Waals surface area contributed by atoms with Gasteiger partial charge in [0.15, 0.2) is 0 Å². The third-order valence-corrected chi connectivity index (χ3v) is 3.82. The van der Waals surface area contributed by atoms with Crippen LogP contribution in [-0.2, 0) is 16.0 Å². The van der Waals surface area contributed by atoms with E-state index in [2.05, 4.69) is 13.8 Å². The molecule has 0 unspecified atom stereocenters. The molecule has 1 aromatic carbocycles. The Kier molecular flexibility index (Phi) is 8.90. The Bertz CT molecular complexity index is 551. The minimum Gasteiger partial charge on any atom is -0.493 e. The smallest absolute Gasteiger partial charge is 0.341 e. The standard InChI is InChI=1S/C19H28O5/c1-5-7-11-23-16-13-17(24-12-8-6-2)18(19(21)22-4)15(9-10-20)14(16)3/h10,13H,5-9,11-12H2,1-4H3. The molecule has 0 atom stereocenters. The van der Waals surface area contributed by atoms with Crippen molar-refractivity contribution in [2.24, 2.45) is 0 Å². The minimum absolute atomic E-state index is 0.116. The molecule has 0 aliphatic carbocycles. The largest absolute Gasteiger partial charge is 0.493 e. The molecule has 0 spiro atoms. The Labute approximate surface area is 144 Å². The molecule has 1 rings (SSSR count). The van der Waals surface area contributed by atoms with Crippen LogP contribution in [0.1, 0.15) is 61.0 Å². The van der Waals surface area contributed by atoms with E-state index in [4.69, 9.17) is 14.2 Å². The molecule has 0 saturated heterocycles. The number of esters is 1. The maximum absolute atomic E-state index is 12.2. The molecular formula is C19H28O5. The van der Waals surface area contributed by atoms with Gasteiger partial charge in [-0.05, 0) is 30.9 Å². The number of hydrogen-bond acceptors (Lipinski definition) is 5. The van der Waals surface area contributed by atoms with Gasteiger partial charge in [0.05, 0.1) is 20.3 Å². The van der Waals surface area contributed by atoms with Gasteiger partial charge in [-0.1, -0.05) is 26.7 Å². The average molecular weight is 336 g/mol. The predicted octanol–water partition coefficient (Wildman–Crippen LogP) is 3.88. The third-order valence-electron chi connectivity index (χ3n) is 3.82. The van der Waals surface area contributed by atoms with Gasteiger partial charge >= 0.3 is 5.97 Å². The summed E-state index contributed by atoms with van der Waals surface area (Å²) in [7, 11) is 1.32. The normalized spacial score (nSPS) is 10.3. The summed E-state index contributed by atoms with van der Waals surface area (Å²) in [6, 6.07) is 1.74. The van der Waals surface area contributed by atoms with Crippen LogP contribution in [-0.4, -0.2) is 32.6 Å². The van der Waals surface area contributed by atoms with Crippen molar-refractivity contribution < 1.29 is 23.8 Å². The SMILES string of the molecule is CCCCOc1cc(OCCCC)c(C(=O)OC)c(CC=O)c1C. The molecule has 0 saturated carbocycles. The van der Waals surface area contributed by atoms with E-state index >= 15 is 0 Å². The third kappa shape index (κ3) is 5.25. The highest BCUT2D eigenvalue weighted by Gasteiger charge is 2.23. The second-order valence-electron chi connectivity index (χ2n) is 5.62. The van der Waals surface area contributed by atoms with Gasteiger partial charge in [-0.25, -0.2) is 4.79 Å². The number of methoxy groups -OCH3 is 1. The quantitative estimate of drug-likeness (QED) is 0.349. The van der Waals surface area contributed by atoms with Crippen LogP contribution in [0.5, 0.6) is 11.5 Å². The monoisotopic (exact) mass is 336 g/mol.